The Morgan fingerprint density at radius 3 is 2.47 bits per heavy atom. The third-order valence-electron chi connectivity index (χ3n) is 6.43. The predicted molar refractivity (Wildman–Crippen MR) is 132 cm³/mol. The lowest BCUT2D eigenvalue weighted by molar-refractivity contribution is 0.0675. The summed E-state index contributed by atoms with van der Waals surface area (Å²) in [6, 6.07) is 18.4. The Bertz CT molecular complexity index is 1110. The number of methoxy groups -OCH3 is 1. The summed E-state index contributed by atoms with van der Waals surface area (Å²) in [5, 5.41) is 7.03. The number of para-hydroxylation sites is 1. The van der Waals surface area contributed by atoms with E-state index in [4.69, 9.17) is 19.2 Å². The number of nitrogens with one attached hydrogen (secondary N) is 2. The van der Waals surface area contributed by atoms with Crippen molar-refractivity contribution in [1.82, 2.24) is 15.3 Å². The minimum Gasteiger partial charge on any atom is -0.496 e. The van der Waals surface area contributed by atoms with Crippen LogP contribution in [0.25, 0.3) is 11.3 Å². The van der Waals surface area contributed by atoms with Gasteiger partial charge in [-0.25, -0.2) is 9.97 Å². The first kappa shape index (κ1) is 22.6. The molecule has 0 bridgehead atoms. The van der Waals surface area contributed by atoms with Crippen LogP contribution in [-0.2, 0) is 16.0 Å². The van der Waals surface area contributed by atoms with E-state index >= 15 is 0 Å². The molecule has 4 atom stereocenters. The highest BCUT2D eigenvalue weighted by Crippen LogP contribution is 2.31. The average molecular weight is 462 g/mol. The monoisotopic (exact) mass is 461 g/mol. The van der Waals surface area contributed by atoms with E-state index in [-0.39, 0.29) is 24.3 Å². The maximum Gasteiger partial charge on any atom is 0.223 e. The van der Waals surface area contributed by atoms with E-state index in [0.717, 1.165) is 23.6 Å². The van der Waals surface area contributed by atoms with Crippen LogP contribution in [0.3, 0.4) is 0 Å². The molecular weight excluding hydrogens is 430 g/mol. The number of aromatic nitrogens is 2. The van der Waals surface area contributed by atoms with Crippen molar-refractivity contribution in [2.75, 3.05) is 44.6 Å². The lowest BCUT2D eigenvalue weighted by Gasteiger charge is -2.19. The standard InChI is InChI=1S/C26H31N5O3/c1-31(2)18-10-8-17(9-11-18)14-28-21-15-33-25-22(16-34-24(21)25)30-26-27-13-12-20(29-26)19-6-4-5-7-23(19)32-3/h4-13,21-22,24-25,28H,14-16H2,1-3H3,(H,27,29,30). The molecule has 8 nitrogen and oxygen atoms in total. The molecule has 5 rings (SSSR count). The minimum atomic E-state index is -0.0489. The zero-order valence-electron chi connectivity index (χ0n) is 19.8. The number of rotatable bonds is 8. The molecule has 3 aromatic rings. The Morgan fingerprint density at radius 1 is 0.971 bits per heavy atom. The van der Waals surface area contributed by atoms with Gasteiger partial charge in [-0.15, -0.1) is 0 Å². The van der Waals surface area contributed by atoms with Crippen LogP contribution < -0.4 is 20.3 Å². The van der Waals surface area contributed by atoms with E-state index in [0.29, 0.717) is 19.2 Å². The van der Waals surface area contributed by atoms with Gasteiger partial charge < -0.3 is 29.7 Å². The Morgan fingerprint density at radius 2 is 1.71 bits per heavy atom. The SMILES string of the molecule is COc1ccccc1-c1ccnc(NC2COC3C(NCc4ccc(N(C)C)cc4)COC23)n1. The molecule has 34 heavy (non-hydrogen) atoms. The second kappa shape index (κ2) is 9.97. The van der Waals surface area contributed by atoms with Gasteiger partial charge in [0.15, 0.2) is 0 Å². The summed E-state index contributed by atoms with van der Waals surface area (Å²) in [7, 11) is 5.76. The molecule has 1 aromatic heterocycles. The minimum absolute atomic E-state index is 0.00375. The van der Waals surface area contributed by atoms with Crippen molar-refractivity contribution in [3.8, 4) is 17.0 Å². The molecule has 2 aromatic carbocycles. The van der Waals surface area contributed by atoms with Crippen molar-refractivity contribution >= 4 is 11.6 Å². The molecule has 2 aliphatic heterocycles. The Kier molecular flexibility index (Phi) is 6.62. The summed E-state index contributed by atoms with van der Waals surface area (Å²) in [6.45, 7) is 1.94. The van der Waals surface area contributed by atoms with Gasteiger partial charge in [-0.1, -0.05) is 24.3 Å². The first-order chi connectivity index (χ1) is 16.6. The van der Waals surface area contributed by atoms with Crippen molar-refractivity contribution in [2.24, 2.45) is 0 Å². The van der Waals surface area contributed by atoms with Crippen molar-refractivity contribution in [3.05, 3.63) is 66.4 Å². The summed E-state index contributed by atoms with van der Waals surface area (Å²) in [6.07, 6.45) is 1.70. The summed E-state index contributed by atoms with van der Waals surface area (Å²) in [5.74, 6) is 1.33. The number of hydrogen-bond donors (Lipinski definition) is 2. The largest absolute Gasteiger partial charge is 0.496 e. The molecule has 178 valence electrons. The van der Waals surface area contributed by atoms with Crippen LogP contribution in [0.15, 0.2) is 60.8 Å². The summed E-state index contributed by atoms with van der Waals surface area (Å²) in [5.41, 5.74) is 4.16. The first-order valence-electron chi connectivity index (χ1n) is 11.6. The quantitative estimate of drug-likeness (QED) is 0.530. The van der Waals surface area contributed by atoms with Crippen LogP contribution in [0.2, 0.25) is 0 Å². The van der Waals surface area contributed by atoms with E-state index in [1.165, 1.54) is 11.3 Å². The third kappa shape index (κ3) is 4.70. The Labute approximate surface area is 200 Å². The topological polar surface area (TPSA) is 80.8 Å². The van der Waals surface area contributed by atoms with Gasteiger partial charge in [0.25, 0.3) is 0 Å². The Balaban J connectivity index is 1.20. The molecule has 8 heteroatoms. The molecule has 0 amide bonds. The molecular formula is C26H31N5O3. The van der Waals surface area contributed by atoms with Gasteiger partial charge in [-0.05, 0) is 35.9 Å². The molecule has 4 unspecified atom stereocenters. The number of hydrogen-bond acceptors (Lipinski definition) is 8. The summed E-state index contributed by atoms with van der Waals surface area (Å²) < 4.78 is 17.7. The highest BCUT2D eigenvalue weighted by atomic mass is 16.6. The fourth-order valence-electron chi connectivity index (χ4n) is 4.56. The molecule has 0 aliphatic carbocycles. The van der Waals surface area contributed by atoms with E-state index in [1.54, 1.807) is 13.3 Å². The molecule has 0 spiro atoms. The first-order valence-corrected chi connectivity index (χ1v) is 11.6. The lowest BCUT2D eigenvalue weighted by atomic mass is 10.1. The highest BCUT2D eigenvalue weighted by molar-refractivity contribution is 5.67. The fraction of sp³-hybridized carbons (Fsp3) is 0.385. The van der Waals surface area contributed by atoms with Crippen LogP contribution in [0.1, 0.15) is 5.56 Å². The number of nitrogens with zero attached hydrogens (tertiary/aromatic N) is 3. The van der Waals surface area contributed by atoms with Gasteiger partial charge in [0.2, 0.25) is 5.95 Å². The van der Waals surface area contributed by atoms with Gasteiger partial charge in [-0.2, -0.15) is 0 Å². The van der Waals surface area contributed by atoms with Gasteiger partial charge >= 0.3 is 0 Å². The second-order valence-electron chi connectivity index (χ2n) is 8.86. The number of ether oxygens (including phenoxy) is 3. The van der Waals surface area contributed by atoms with Crippen molar-refractivity contribution < 1.29 is 14.2 Å². The van der Waals surface area contributed by atoms with E-state index in [2.05, 4.69) is 44.8 Å². The maximum absolute atomic E-state index is 6.13. The van der Waals surface area contributed by atoms with E-state index in [1.807, 2.05) is 44.4 Å². The van der Waals surface area contributed by atoms with Crippen molar-refractivity contribution in [3.63, 3.8) is 0 Å². The lowest BCUT2D eigenvalue weighted by Crippen LogP contribution is -2.41. The molecule has 2 aliphatic rings. The molecule has 2 saturated heterocycles. The van der Waals surface area contributed by atoms with Crippen molar-refractivity contribution in [1.29, 1.82) is 0 Å². The van der Waals surface area contributed by atoms with Crippen LogP contribution in [0.4, 0.5) is 11.6 Å². The normalized spacial score (nSPS) is 23.5. The zero-order valence-corrected chi connectivity index (χ0v) is 19.8. The molecule has 2 N–H and O–H groups in total. The van der Waals surface area contributed by atoms with E-state index < -0.39 is 0 Å². The highest BCUT2D eigenvalue weighted by Gasteiger charge is 2.47. The van der Waals surface area contributed by atoms with Crippen LogP contribution in [-0.4, -0.2) is 68.7 Å². The summed E-state index contributed by atoms with van der Waals surface area (Å²) >= 11 is 0. The molecule has 0 radical (unpaired) electrons. The second-order valence-corrected chi connectivity index (χ2v) is 8.86. The molecule has 3 heterocycles. The number of anilines is 2. The third-order valence-corrected chi connectivity index (χ3v) is 6.43. The predicted octanol–water partition coefficient (Wildman–Crippen LogP) is 2.95. The van der Waals surface area contributed by atoms with Gasteiger partial charge in [0.1, 0.15) is 18.0 Å². The maximum atomic E-state index is 6.13. The van der Waals surface area contributed by atoms with Gasteiger partial charge in [-0.3, -0.25) is 0 Å². The fourth-order valence-corrected chi connectivity index (χ4v) is 4.56. The zero-order chi connectivity index (χ0) is 23.5. The van der Waals surface area contributed by atoms with E-state index in [9.17, 15) is 0 Å². The summed E-state index contributed by atoms with van der Waals surface area (Å²) in [4.78, 5) is 11.2. The van der Waals surface area contributed by atoms with Gasteiger partial charge in [0.05, 0.1) is 38.1 Å². The number of benzene rings is 2. The van der Waals surface area contributed by atoms with Crippen LogP contribution in [0, 0.1) is 0 Å². The van der Waals surface area contributed by atoms with Crippen LogP contribution >= 0.6 is 0 Å². The van der Waals surface area contributed by atoms with Crippen LogP contribution in [0.5, 0.6) is 5.75 Å². The van der Waals surface area contributed by atoms with Crippen molar-refractivity contribution in [2.45, 2.75) is 30.8 Å². The molecule has 0 saturated carbocycles. The number of fused-ring (bicyclic) bond motifs is 1. The average Bonchev–Trinajstić information content (AvgIpc) is 3.46. The Hall–Kier alpha value is -3.20. The van der Waals surface area contributed by atoms with Gasteiger partial charge in [0, 0.05) is 38.1 Å². The smallest absolute Gasteiger partial charge is 0.223 e. The molecule has 2 fully saturated rings.